The Morgan fingerprint density at radius 3 is 2.43 bits per heavy atom. The van der Waals surface area contributed by atoms with Crippen LogP contribution in [0.2, 0.25) is 0 Å². The summed E-state index contributed by atoms with van der Waals surface area (Å²) >= 11 is 0. The molecule has 1 aromatic heterocycles. The van der Waals surface area contributed by atoms with Gasteiger partial charge in [-0.25, -0.2) is 13.2 Å². The van der Waals surface area contributed by atoms with Crippen molar-refractivity contribution in [3.8, 4) is 11.3 Å². The molecule has 160 valence electrons. The molecule has 4 N–H and O–H groups in total. The molecule has 0 radical (unpaired) electrons. The first-order valence-electron chi connectivity index (χ1n) is 10.2. The summed E-state index contributed by atoms with van der Waals surface area (Å²) in [4.78, 5) is 3.09. The Bertz CT molecular complexity index is 1030. The fraction of sp³-hybridized carbons (Fsp3) is 0.391. The second kappa shape index (κ2) is 8.41. The third kappa shape index (κ3) is 3.97. The van der Waals surface area contributed by atoms with E-state index in [1.165, 1.54) is 18.2 Å². The molecular weight excluding hydrogens is 393 g/mol. The Morgan fingerprint density at radius 2 is 1.80 bits per heavy atom. The number of benzene rings is 2. The van der Waals surface area contributed by atoms with Gasteiger partial charge < -0.3 is 20.5 Å². The number of hydrogen-bond donors (Lipinski definition) is 4. The summed E-state index contributed by atoms with van der Waals surface area (Å²) in [7, 11) is 0. The van der Waals surface area contributed by atoms with Crippen LogP contribution in [-0.2, 0) is 0 Å². The SMILES string of the molecule is C[C@@H](O)[C@@H](CO)NCC1CC(c2c(-c3ccc(F)cc3)[nH]c3c(F)cc(F)cc23)C1. The predicted molar refractivity (Wildman–Crippen MR) is 110 cm³/mol. The zero-order chi connectivity index (χ0) is 21.4. The van der Waals surface area contributed by atoms with E-state index in [0.29, 0.717) is 23.5 Å². The Hall–Kier alpha value is -2.35. The van der Waals surface area contributed by atoms with Crippen molar-refractivity contribution in [2.24, 2.45) is 5.92 Å². The Morgan fingerprint density at radius 1 is 1.10 bits per heavy atom. The molecule has 1 aliphatic carbocycles. The first-order chi connectivity index (χ1) is 14.4. The number of fused-ring (bicyclic) bond motifs is 1. The van der Waals surface area contributed by atoms with Crippen molar-refractivity contribution < 1.29 is 23.4 Å². The van der Waals surface area contributed by atoms with Crippen molar-refractivity contribution in [1.29, 1.82) is 0 Å². The molecule has 7 heteroatoms. The molecule has 1 saturated carbocycles. The van der Waals surface area contributed by atoms with E-state index in [0.717, 1.165) is 30.0 Å². The van der Waals surface area contributed by atoms with E-state index < -0.39 is 17.7 Å². The third-order valence-corrected chi connectivity index (χ3v) is 6.09. The average Bonchev–Trinajstić information content (AvgIpc) is 3.03. The molecule has 4 nitrogen and oxygen atoms in total. The molecule has 0 amide bonds. The van der Waals surface area contributed by atoms with Crippen molar-refractivity contribution in [1.82, 2.24) is 10.3 Å². The van der Waals surface area contributed by atoms with Crippen molar-refractivity contribution in [3.63, 3.8) is 0 Å². The van der Waals surface area contributed by atoms with Crippen LogP contribution in [0, 0.1) is 23.4 Å². The summed E-state index contributed by atoms with van der Waals surface area (Å²) in [5.74, 6) is -1.22. The predicted octanol–water partition coefficient (Wildman–Crippen LogP) is 4.08. The standard InChI is InChI=1S/C23H25F3N2O2/c1-12(30)20(11-29)27-10-13-6-15(7-13)21-18-8-17(25)9-19(26)23(18)28-22(21)14-2-4-16(24)5-3-14/h2-5,8-9,12-13,15,20,27-30H,6-7,10-11H2,1H3/t12-,13?,15?,20-/m1/s1. The average molecular weight is 418 g/mol. The lowest BCUT2D eigenvalue weighted by Crippen LogP contribution is -2.45. The fourth-order valence-electron chi connectivity index (χ4n) is 4.35. The van der Waals surface area contributed by atoms with Crippen molar-refractivity contribution >= 4 is 10.9 Å². The van der Waals surface area contributed by atoms with Gasteiger partial charge in [-0.2, -0.15) is 0 Å². The van der Waals surface area contributed by atoms with E-state index in [1.54, 1.807) is 19.1 Å². The van der Waals surface area contributed by atoms with Crippen LogP contribution in [0.3, 0.4) is 0 Å². The second-order valence-electron chi connectivity index (χ2n) is 8.20. The topological polar surface area (TPSA) is 68.3 Å². The highest BCUT2D eigenvalue weighted by atomic mass is 19.1. The largest absolute Gasteiger partial charge is 0.395 e. The highest BCUT2D eigenvalue weighted by molar-refractivity contribution is 5.92. The van der Waals surface area contributed by atoms with Crippen LogP contribution in [0.1, 0.15) is 31.2 Å². The lowest BCUT2D eigenvalue weighted by Gasteiger charge is -2.37. The minimum absolute atomic E-state index is 0.103. The van der Waals surface area contributed by atoms with Crippen molar-refractivity contribution in [2.75, 3.05) is 13.2 Å². The molecular formula is C23H25F3N2O2. The van der Waals surface area contributed by atoms with Crippen LogP contribution < -0.4 is 5.32 Å². The minimum atomic E-state index is -0.657. The summed E-state index contributed by atoms with van der Waals surface area (Å²) in [6.07, 6.45) is 0.963. The lowest BCUT2D eigenvalue weighted by molar-refractivity contribution is 0.0961. The van der Waals surface area contributed by atoms with E-state index >= 15 is 0 Å². The van der Waals surface area contributed by atoms with E-state index in [2.05, 4.69) is 10.3 Å². The summed E-state index contributed by atoms with van der Waals surface area (Å²) in [6, 6.07) is 7.78. The molecule has 2 aromatic carbocycles. The van der Waals surface area contributed by atoms with E-state index in [9.17, 15) is 23.4 Å². The molecule has 0 spiro atoms. The number of aliphatic hydroxyl groups is 2. The summed E-state index contributed by atoms with van der Waals surface area (Å²) in [5, 5.41) is 22.7. The van der Waals surface area contributed by atoms with E-state index in [1.807, 2.05) is 0 Å². The summed E-state index contributed by atoms with van der Waals surface area (Å²) in [5.41, 5.74) is 2.50. The summed E-state index contributed by atoms with van der Waals surface area (Å²) in [6.45, 7) is 2.12. The van der Waals surface area contributed by atoms with Gasteiger partial charge in [0.2, 0.25) is 0 Å². The molecule has 0 aliphatic heterocycles. The Kier molecular flexibility index (Phi) is 5.86. The zero-order valence-electron chi connectivity index (χ0n) is 16.6. The maximum atomic E-state index is 14.4. The highest BCUT2D eigenvalue weighted by Crippen LogP contribution is 2.48. The molecule has 2 atom stereocenters. The molecule has 0 saturated heterocycles. The maximum Gasteiger partial charge on any atom is 0.150 e. The molecule has 1 heterocycles. The molecule has 0 unspecified atom stereocenters. The fourth-order valence-corrected chi connectivity index (χ4v) is 4.35. The number of aromatic nitrogens is 1. The van der Waals surface area contributed by atoms with Gasteiger partial charge >= 0.3 is 0 Å². The highest BCUT2D eigenvalue weighted by Gasteiger charge is 2.35. The number of halogens is 3. The Labute approximate surface area is 172 Å². The number of rotatable bonds is 7. The van der Waals surface area contributed by atoms with Gasteiger partial charge in [0, 0.05) is 11.5 Å². The van der Waals surface area contributed by atoms with Gasteiger partial charge in [0.15, 0.2) is 0 Å². The van der Waals surface area contributed by atoms with Crippen LogP contribution in [0.4, 0.5) is 13.2 Å². The molecule has 1 aliphatic rings. The van der Waals surface area contributed by atoms with Gasteiger partial charge in [0.1, 0.15) is 17.5 Å². The van der Waals surface area contributed by atoms with Gasteiger partial charge in [-0.3, -0.25) is 0 Å². The van der Waals surface area contributed by atoms with E-state index in [-0.39, 0.29) is 29.9 Å². The van der Waals surface area contributed by atoms with Crippen LogP contribution in [0.5, 0.6) is 0 Å². The monoisotopic (exact) mass is 418 g/mol. The van der Waals surface area contributed by atoms with Crippen LogP contribution in [-0.4, -0.2) is 40.5 Å². The normalized spacial score (nSPS) is 20.9. The minimum Gasteiger partial charge on any atom is -0.395 e. The molecule has 3 aromatic rings. The number of hydrogen-bond acceptors (Lipinski definition) is 3. The molecule has 4 rings (SSSR count). The van der Waals surface area contributed by atoms with Gasteiger partial charge in [-0.1, -0.05) is 0 Å². The number of aromatic amines is 1. The van der Waals surface area contributed by atoms with Crippen molar-refractivity contribution in [2.45, 2.75) is 37.8 Å². The molecule has 0 bridgehead atoms. The smallest absolute Gasteiger partial charge is 0.150 e. The van der Waals surface area contributed by atoms with Gasteiger partial charge in [-0.15, -0.1) is 0 Å². The van der Waals surface area contributed by atoms with Crippen LogP contribution >= 0.6 is 0 Å². The number of aliphatic hydroxyl groups excluding tert-OH is 2. The second-order valence-corrected chi connectivity index (χ2v) is 8.20. The van der Waals surface area contributed by atoms with Gasteiger partial charge in [-0.05, 0) is 79.6 Å². The number of H-pyrrole nitrogens is 1. The Balaban J connectivity index is 1.62. The van der Waals surface area contributed by atoms with Gasteiger partial charge in [0.05, 0.1) is 30.0 Å². The van der Waals surface area contributed by atoms with Crippen LogP contribution in [0.25, 0.3) is 22.2 Å². The maximum absolute atomic E-state index is 14.4. The quantitative estimate of drug-likeness (QED) is 0.468. The van der Waals surface area contributed by atoms with Gasteiger partial charge in [0.25, 0.3) is 0 Å². The third-order valence-electron chi connectivity index (χ3n) is 6.09. The molecule has 1 fully saturated rings. The first kappa shape index (κ1) is 20.9. The zero-order valence-corrected chi connectivity index (χ0v) is 16.6. The van der Waals surface area contributed by atoms with Crippen LogP contribution in [0.15, 0.2) is 36.4 Å². The number of nitrogens with one attached hydrogen (secondary N) is 2. The van der Waals surface area contributed by atoms with E-state index in [4.69, 9.17) is 0 Å². The first-order valence-corrected chi connectivity index (χ1v) is 10.2. The lowest BCUT2D eigenvalue weighted by atomic mass is 9.70. The molecule has 30 heavy (non-hydrogen) atoms. The van der Waals surface area contributed by atoms with Crippen molar-refractivity contribution in [3.05, 3.63) is 59.4 Å². The summed E-state index contributed by atoms with van der Waals surface area (Å²) < 4.78 is 41.8.